The summed E-state index contributed by atoms with van der Waals surface area (Å²) in [5.41, 5.74) is 0.596. The average Bonchev–Trinajstić information content (AvgIpc) is 3.38. The first-order chi connectivity index (χ1) is 13.7. The van der Waals surface area contributed by atoms with Gasteiger partial charge in [0.25, 0.3) is 0 Å². The van der Waals surface area contributed by atoms with Crippen molar-refractivity contribution in [2.24, 2.45) is 10.9 Å². The van der Waals surface area contributed by atoms with E-state index >= 15 is 0 Å². The molecule has 1 fully saturated rings. The van der Waals surface area contributed by atoms with E-state index in [1.54, 1.807) is 24.5 Å². The molecule has 1 aliphatic heterocycles. The highest BCUT2D eigenvalue weighted by Crippen LogP contribution is 2.21. The molecule has 0 amide bonds. The second-order valence-corrected chi connectivity index (χ2v) is 6.52. The molecule has 1 aromatic heterocycles. The Morgan fingerprint density at radius 1 is 1.21 bits per heavy atom. The van der Waals surface area contributed by atoms with Crippen molar-refractivity contribution in [3.05, 3.63) is 54.0 Å². The summed E-state index contributed by atoms with van der Waals surface area (Å²) < 4.78 is 40.5. The van der Waals surface area contributed by atoms with Gasteiger partial charge in [0.2, 0.25) is 0 Å². The van der Waals surface area contributed by atoms with E-state index in [1.807, 2.05) is 12.1 Å². The van der Waals surface area contributed by atoms with Crippen molar-refractivity contribution in [2.75, 3.05) is 26.3 Å². The van der Waals surface area contributed by atoms with E-state index in [1.165, 1.54) is 6.07 Å². The minimum atomic E-state index is -2.86. The molecule has 1 aliphatic rings. The lowest BCUT2D eigenvalue weighted by atomic mass is 10.1. The first-order valence-corrected chi connectivity index (χ1v) is 9.35. The molecule has 2 heterocycles. The average molecular weight is 393 g/mol. The minimum absolute atomic E-state index is 0.139. The normalized spacial score (nSPS) is 17.1. The van der Waals surface area contributed by atoms with Crippen LogP contribution in [-0.4, -0.2) is 38.9 Å². The summed E-state index contributed by atoms with van der Waals surface area (Å²) in [5.74, 6) is 2.07. The lowest BCUT2D eigenvalue weighted by Crippen LogP contribution is -2.40. The van der Waals surface area contributed by atoms with E-state index in [9.17, 15) is 8.78 Å². The smallest absolute Gasteiger partial charge is 0.387 e. The molecule has 3 rings (SSSR count). The van der Waals surface area contributed by atoms with Crippen molar-refractivity contribution in [3.63, 3.8) is 0 Å². The third kappa shape index (κ3) is 6.53. The topological polar surface area (TPSA) is 68.0 Å². The Hall–Kier alpha value is -2.61. The van der Waals surface area contributed by atoms with E-state index < -0.39 is 6.61 Å². The Morgan fingerprint density at radius 3 is 2.86 bits per heavy atom. The van der Waals surface area contributed by atoms with Crippen molar-refractivity contribution < 1.29 is 22.7 Å². The zero-order valence-electron chi connectivity index (χ0n) is 15.6. The quantitative estimate of drug-likeness (QED) is 0.506. The van der Waals surface area contributed by atoms with Crippen molar-refractivity contribution in [3.8, 4) is 5.75 Å². The molecule has 0 radical (unpaired) electrons. The lowest BCUT2D eigenvalue weighted by Gasteiger charge is -2.15. The van der Waals surface area contributed by atoms with E-state index in [-0.39, 0.29) is 12.3 Å². The molecular weight excluding hydrogens is 368 g/mol. The first kappa shape index (κ1) is 20.1. The Labute approximate surface area is 162 Å². The van der Waals surface area contributed by atoms with Gasteiger partial charge in [0.15, 0.2) is 5.96 Å². The summed E-state index contributed by atoms with van der Waals surface area (Å²) >= 11 is 0. The van der Waals surface area contributed by atoms with Gasteiger partial charge in [-0.2, -0.15) is 8.78 Å². The van der Waals surface area contributed by atoms with Gasteiger partial charge < -0.3 is 24.5 Å². The van der Waals surface area contributed by atoms with Crippen LogP contribution in [0.5, 0.6) is 5.75 Å². The number of aliphatic imine (C=N–C) groups is 1. The van der Waals surface area contributed by atoms with Crippen molar-refractivity contribution in [1.29, 1.82) is 0 Å². The number of hydrogen-bond acceptors (Lipinski definition) is 4. The maximum Gasteiger partial charge on any atom is 0.387 e. The summed E-state index contributed by atoms with van der Waals surface area (Å²) in [6.45, 7) is 0.245. The molecule has 1 saturated heterocycles. The summed E-state index contributed by atoms with van der Waals surface area (Å²) in [5, 5.41) is 6.57. The molecule has 0 spiro atoms. The standard InChI is InChI=1S/C20H25F2N3O3/c21-19(22)28-18-6-2-1-4-16(18)13-25-20(24-12-15-8-11-26-14-15)23-9-7-17-5-3-10-27-17/h1-6,10,15,19H,7-9,11-14H2,(H2,23,24,25). The number of furan rings is 1. The Balaban J connectivity index is 1.60. The molecule has 2 aromatic rings. The molecule has 0 aliphatic carbocycles. The van der Waals surface area contributed by atoms with E-state index in [0.717, 1.165) is 31.9 Å². The fourth-order valence-corrected chi connectivity index (χ4v) is 2.93. The van der Waals surface area contributed by atoms with Gasteiger partial charge in [-0.15, -0.1) is 0 Å². The van der Waals surface area contributed by atoms with Crippen LogP contribution in [0.25, 0.3) is 0 Å². The molecule has 0 bridgehead atoms. The number of guanidine groups is 1. The lowest BCUT2D eigenvalue weighted by molar-refractivity contribution is -0.0504. The summed E-state index contributed by atoms with van der Waals surface area (Å²) in [4.78, 5) is 4.54. The fraction of sp³-hybridized carbons (Fsp3) is 0.450. The fourth-order valence-electron chi connectivity index (χ4n) is 2.93. The van der Waals surface area contributed by atoms with Crippen LogP contribution in [0.1, 0.15) is 17.7 Å². The van der Waals surface area contributed by atoms with Gasteiger partial charge in [-0.3, -0.25) is 0 Å². The second kappa shape index (κ2) is 10.7. The number of para-hydroxylation sites is 1. The maximum atomic E-state index is 12.6. The molecule has 1 unspecified atom stereocenters. The summed E-state index contributed by atoms with van der Waals surface area (Å²) in [6.07, 6.45) is 3.37. The summed E-state index contributed by atoms with van der Waals surface area (Å²) in [6, 6.07) is 10.4. The Kier molecular flexibility index (Phi) is 7.66. The van der Waals surface area contributed by atoms with E-state index in [0.29, 0.717) is 30.4 Å². The van der Waals surface area contributed by atoms with Gasteiger partial charge >= 0.3 is 6.61 Å². The van der Waals surface area contributed by atoms with Crippen molar-refractivity contribution in [2.45, 2.75) is 26.0 Å². The first-order valence-electron chi connectivity index (χ1n) is 9.35. The molecule has 28 heavy (non-hydrogen) atoms. The van der Waals surface area contributed by atoms with Crippen LogP contribution in [0, 0.1) is 5.92 Å². The zero-order valence-corrected chi connectivity index (χ0v) is 15.6. The van der Waals surface area contributed by atoms with Gasteiger partial charge in [0.1, 0.15) is 11.5 Å². The number of halogens is 2. The highest BCUT2D eigenvalue weighted by Gasteiger charge is 2.16. The molecule has 8 heteroatoms. The van der Waals surface area contributed by atoms with Gasteiger partial charge in [-0.25, -0.2) is 4.99 Å². The number of nitrogens with one attached hydrogen (secondary N) is 2. The third-order valence-corrected chi connectivity index (χ3v) is 4.42. The van der Waals surface area contributed by atoms with Crippen LogP contribution in [0.2, 0.25) is 0 Å². The number of ether oxygens (including phenoxy) is 2. The number of hydrogen-bond donors (Lipinski definition) is 2. The van der Waals surface area contributed by atoms with Crippen LogP contribution in [0.4, 0.5) is 8.78 Å². The van der Waals surface area contributed by atoms with Gasteiger partial charge in [0.05, 0.1) is 19.4 Å². The second-order valence-electron chi connectivity index (χ2n) is 6.52. The number of alkyl halides is 2. The van der Waals surface area contributed by atoms with Gasteiger partial charge in [-0.05, 0) is 24.6 Å². The van der Waals surface area contributed by atoms with Crippen LogP contribution >= 0.6 is 0 Å². The van der Waals surface area contributed by atoms with Crippen LogP contribution in [0.3, 0.4) is 0 Å². The van der Waals surface area contributed by atoms with Crippen molar-refractivity contribution in [1.82, 2.24) is 10.6 Å². The predicted octanol–water partition coefficient (Wildman–Crippen LogP) is 3.20. The monoisotopic (exact) mass is 393 g/mol. The largest absolute Gasteiger partial charge is 0.469 e. The number of benzene rings is 1. The van der Waals surface area contributed by atoms with Crippen LogP contribution in [0.15, 0.2) is 52.1 Å². The number of rotatable bonds is 9. The SMILES string of the molecule is FC(F)Oc1ccccc1CN=C(NCCc1ccco1)NCC1CCOC1. The van der Waals surface area contributed by atoms with Crippen LogP contribution < -0.4 is 15.4 Å². The van der Waals surface area contributed by atoms with Crippen molar-refractivity contribution >= 4 is 5.96 Å². The van der Waals surface area contributed by atoms with E-state index in [4.69, 9.17) is 9.15 Å². The summed E-state index contributed by atoms with van der Waals surface area (Å²) in [7, 11) is 0. The molecule has 2 N–H and O–H groups in total. The zero-order chi connectivity index (χ0) is 19.6. The molecule has 1 aromatic carbocycles. The molecule has 1 atom stereocenters. The number of nitrogens with zero attached hydrogens (tertiary/aromatic N) is 1. The highest BCUT2D eigenvalue weighted by atomic mass is 19.3. The van der Waals surface area contributed by atoms with E-state index in [2.05, 4.69) is 20.4 Å². The molecule has 152 valence electrons. The van der Waals surface area contributed by atoms with Gasteiger partial charge in [-0.1, -0.05) is 18.2 Å². The van der Waals surface area contributed by atoms with Gasteiger partial charge in [0, 0.05) is 37.6 Å². The highest BCUT2D eigenvalue weighted by molar-refractivity contribution is 5.79. The maximum absolute atomic E-state index is 12.6. The molecular formula is C20H25F2N3O3. The molecule has 6 nitrogen and oxygen atoms in total. The van der Waals surface area contributed by atoms with Crippen LogP contribution in [-0.2, 0) is 17.7 Å². The third-order valence-electron chi connectivity index (χ3n) is 4.42. The Bertz CT molecular complexity index is 732. The minimum Gasteiger partial charge on any atom is -0.469 e. The molecule has 0 saturated carbocycles. The Morgan fingerprint density at radius 2 is 2.11 bits per heavy atom. The predicted molar refractivity (Wildman–Crippen MR) is 102 cm³/mol.